The summed E-state index contributed by atoms with van der Waals surface area (Å²) in [5, 5.41) is 0. The van der Waals surface area contributed by atoms with Crippen LogP contribution in [0.5, 0.6) is 0 Å². The topological polar surface area (TPSA) is 46.3 Å². The van der Waals surface area contributed by atoms with Crippen LogP contribution in [0.4, 0.5) is 14.5 Å². The van der Waals surface area contributed by atoms with Crippen LogP contribution in [0.25, 0.3) is 0 Å². The number of carbonyl (C=O) groups is 1. The van der Waals surface area contributed by atoms with E-state index >= 15 is 0 Å². The average Bonchev–Trinajstić information content (AvgIpc) is 2.34. The van der Waals surface area contributed by atoms with E-state index in [-0.39, 0.29) is 11.3 Å². The van der Waals surface area contributed by atoms with Crippen LogP contribution in [0.1, 0.15) is 16.8 Å². The Hall–Kier alpha value is -1.91. The van der Waals surface area contributed by atoms with Crippen LogP contribution >= 0.6 is 0 Å². The van der Waals surface area contributed by atoms with Crippen molar-refractivity contribution in [1.82, 2.24) is 4.90 Å². The van der Waals surface area contributed by atoms with Crippen molar-refractivity contribution >= 4 is 11.6 Å². The normalized spacial score (nSPS) is 15.1. The maximum absolute atomic E-state index is 13.6. The second-order valence-corrected chi connectivity index (χ2v) is 3.87. The summed E-state index contributed by atoms with van der Waals surface area (Å²) in [7, 11) is 0. The molecule has 0 unspecified atom stereocenters. The quantitative estimate of drug-likeness (QED) is 0.600. The SMILES string of the molecule is Nc1cc(F)cc(C(=O)N2CC=CCC2)c1F. The Kier molecular flexibility index (Phi) is 3.08. The molecule has 0 aromatic heterocycles. The van der Waals surface area contributed by atoms with Crippen molar-refractivity contribution in [3.63, 3.8) is 0 Å². The largest absolute Gasteiger partial charge is 0.396 e. The number of nitrogens with zero attached hydrogens (tertiary/aromatic N) is 1. The molecule has 1 heterocycles. The summed E-state index contributed by atoms with van der Waals surface area (Å²) in [6.07, 6.45) is 4.49. The van der Waals surface area contributed by atoms with E-state index in [1.807, 2.05) is 12.2 Å². The van der Waals surface area contributed by atoms with Gasteiger partial charge in [-0.15, -0.1) is 0 Å². The third-order valence-corrected chi connectivity index (χ3v) is 2.64. The molecule has 0 aliphatic carbocycles. The number of halogens is 2. The van der Waals surface area contributed by atoms with Gasteiger partial charge in [0.05, 0.1) is 11.3 Å². The second kappa shape index (κ2) is 4.53. The van der Waals surface area contributed by atoms with Crippen LogP contribution < -0.4 is 5.73 Å². The van der Waals surface area contributed by atoms with E-state index in [0.29, 0.717) is 13.1 Å². The highest BCUT2D eigenvalue weighted by atomic mass is 19.1. The molecule has 0 radical (unpaired) electrons. The number of hydrogen-bond acceptors (Lipinski definition) is 2. The summed E-state index contributed by atoms with van der Waals surface area (Å²) < 4.78 is 26.7. The molecule has 0 spiro atoms. The third-order valence-electron chi connectivity index (χ3n) is 2.64. The van der Waals surface area contributed by atoms with Gasteiger partial charge in [0.15, 0.2) is 5.82 Å². The number of nitrogen functional groups attached to an aromatic ring is 1. The standard InChI is InChI=1S/C12H12F2N2O/c13-8-6-9(11(14)10(15)7-8)12(17)16-4-2-1-3-5-16/h1-2,6-7H,3-5,15H2. The first-order chi connectivity index (χ1) is 8.09. The summed E-state index contributed by atoms with van der Waals surface area (Å²) in [5.74, 6) is -2.09. The third kappa shape index (κ3) is 2.27. The molecule has 1 aromatic rings. The van der Waals surface area contributed by atoms with E-state index in [1.54, 1.807) is 0 Å². The van der Waals surface area contributed by atoms with Gasteiger partial charge in [-0.1, -0.05) is 12.2 Å². The highest BCUT2D eigenvalue weighted by Crippen LogP contribution is 2.19. The molecule has 0 saturated heterocycles. The summed E-state index contributed by atoms with van der Waals surface area (Å²) in [4.78, 5) is 13.4. The maximum Gasteiger partial charge on any atom is 0.257 e. The van der Waals surface area contributed by atoms with Crippen molar-refractivity contribution in [2.24, 2.45) is 0 Å². The molecule has 1 aliphatic rings. The van der Waals surface area contributed by atoms with Crippen LogP contribution in [0, 0.1) is 11.6 Å². The van der Waals surface area contributed by atoms with Crippen molar-refractivity contribution in [2.45, 2.75) is 6.42 Å². The van der Waals surface area contributed by atoms with Gasteiger partial charge in [-0.25, -0.2) is 8.78 Å². The maximum atomic E-state index is 13.6. The molecular weight excluding hydrogens is 226 g/mol. The van der Waals surface area contributed by atoms with E-state index < -0.39 is 17.5 Å². The van der Waals surface area contributed by atoms with E-state index in [2.05, 4.69) is 0 Å². The molecule has 0 saturated carbocycles. The number of benzene rings is 1. The average molecular weight is 238 g/mol. The van der Waals surface area contributed by atoms with Crippen molar-refractivity contribution in [3.05, 3.63) is 41.5 Å². The lowest BCUT2D eigenvalue weighted by Crippen LogP contribution is -2.34. The summed E-state index contributed by atoms with van der Waals surface area (Å²) >= 11 is 0. The molecule has 0 bridgehead atoms. The monoisotopic (exact) mass is 238 g/mol. The zero-order valence-corrected chi connectivity index (χ0v) is 9.12. The molecule has 2 N–H and O–H groups in total. The molecule has 3 nitrogen and oxygen atoms in total. The Bertz CT molecular complexity index is 486. The van der Waals surface area contributed by atoms with Crippen LogP contribution in [0.15, 0.2) is 24.3 Å². The Morgan fingerprint density at radius 2 is 2.06 bits per heavy atom. The first-order valence-corrected chi connectivity index (χ1v) is 5.28. The lowest BCUT2D eigenvalue weighted by molar-refractivity contribution is 0.0766. The fraction of sp³-hybridized carbons (Fsp3) is 0.250. The molecule has 5 heteroatoms. The fourth-order valence-electron chi connectivity index (χ4n) is 1.76. The highest BCUT2D eigenvalue weighted by molar-refractivity contribution is 5.95. The Labute approximate surface area is 97.5 Å². The van der Waals surface area contributed by atoms with Gasteiger partial charge in [0.1, 0.15) is 5.82 Å². The van der Waals surface area contributed by atoms with Gasteiger partial charge in [0.2, 0.25) is 0 Å². The van der Waals surface area contributed by atoms with Gasteiger partial charge in [-0.2, -0.15) is 0 Å². The van der Waals surface area contributed by atoms with Gasteiger partial charge in [0.25, 0.3) is 5.91 Å². The minimum atomic E-state index is -0.856. The molecule has 0 atom stereocenters. The van der Waals surface area contributed by atoms with Crippen molar-refractivity contribution in [3.8, 4) is 0 Å². The zero-order valence-electron chi connectivity index (χ0n) is 9.12. The summed E-state index contributed by atoms with van der Waals surface area (Å²) in [5.41, 5.74) is 4.64. The smallest absolute Gasteiger partial charge is 0.257 e. The van der Waals surface area contributed by atoms with Crippen LogP contribution in [-0.4, -0.2) is 23.9 Å². The Morgan fingerprint density at radius 1 is 1.29 bits per heavy atom. The predicted octanol–water partition coefficient (Wildman–Crippen LogP) is 1.95. The van der Waals surface area contributed by atoms with E-state index in [0.717, 1.165) is 18.6 Å². The summed E-state index contributed by atoms with van der Waals surface area (Å²) in [6, 6.07) is 1.74. The second-order valence-electron chi connectivity index (χ2n) is 3.87. The number of hydrogen-bond donors (Lipinski definition) is 1. The Morgan fingerprint density at radius 3 is 2.71 bits per heavy atom. The minimum absolute atomic E-state index is 0.308. The van der Waals surface area contributed by atoms with Gasteiger partial charge in [-0.05, 0) is 18.6 Å². The first-order valence-electron chi connectivity index (χ1n) is 5.28. The van der Waals surface area contributed by atoms with Crippen molar-refractivity contribution in [2.75, 3.05) is 18.8 Å². The molecule has 17 heavy (non-hydrogen) atoms. The van der Waals surface area contributed by atoms with Crippen molar-refractivity contribution in [1.29, 1.82) is 0 Å². The fourth-order valence-corrected chi connectivity index (χ4v) is 1.76. The van der Waals surface area contributed by atoms with Gasteiger partial charge in [0, 0.05) is 13.1 Å². The number of nitrogens with two attached hydrogens (primary N) is 1. The first kappa shape index (κ1) is 11.6. The molecular formula is C12H12F2N2O. The van der Waals surface area contributed by atoms with E-state index in [1.165, 1.54) is 4.90 Å². The van der Waals surface area contributed by atoms with Crippen LogP contribution in [0.3, 0.4) is 0 Å². The minimum Gasteiger partial charge on any atom is -0.396 e. The highest BCUT2D eigenvalue weighted by Gasteiger charge is 2.21. The zero-order chi connectivity index (χ0) is 12.4. The van der Waals surface area contributed by atoms with Gasteiger partial charge in [-0.3, -0.25) is 4.79 Å². The summed E-state index contributed by atoms with van der Waals surface area (Å²) in [6.45, 7) is 0.917. The van der Waals surface area contributed by atoms with Crippen LogP contribution in [-0.2, 0) is 0 Å². The molecule has 1 aromatic carbocycles. The van der Waals surface area contributed by atoms with Gasteiger partial charge >= 0.3 is 0 Å². The molecule has 0 fully saturated rings. The van der Waals surface area contributed by atoms with E-state index in [9.17, 15) is 13.6 Å². The molecule has 1 amide bonds. The van der Waals surface area contributed by atoms with Crippen molar-refractivity contribution < 1.29 is 13.6 Å². The number of rotatable bonds is 1. The molecule has 2 rings (SSSR count). The van der Waals surface area contributed by atoms with Crippen LogP contribution in [0.2, 0.25) is 0 Å². The number of amides is 1. The lowest BCUT2D eigenvalue weighted by Gasteiger charge is -2.23. The number of carbonyl (C=O) groups excluding carboxylic acids is 1. The molecule has 90 valence electrons. The number of anilines is 1. The predicted molar refractivity (Wildman–Crippen MR) is 60.4 cm³/mol. The van der Waals surface area contributed by atoms with Gasteiger partial charge < -0.3 is 10.6 Å². The molecule has 1 aliphatic heterocycles. The van der Waals surface area contributed by atoms with E-state index in [4.69, 9.17) is 5.73 Å². The Balaban J connectivity index is 2.33. The lowest BCUT2D eigenvalue weighted by atomic mass is 10.1.